The summed E-state index contributed by atoms with van der Waals surface area (Å²) in [5, 5.41) is 7.52. The van der Waals surface area contributed by atoms with E-state index in [0.29, 0.717) is 18.9 Å². The number of carbonyl (C=O) groups is 4. The number of ether oxygens (including phenoxy) is 5. The standard InChI is InChI=1S/C48H59N7O9/c1-9-30-13-17-39(54(30)45(56)42(25(3)60-5)52-47(58)62-7)37-21-34-33-22-41-35(20-27(33)12-16-36(34)50-37)32-15-11-28(19-29(32)24-64-41)38-23-49-44(51-38)40-18-14-31(10-2)55(40)46(57)43(26(4)61-6)53-48(59)63-8/h11-12,15-16,19-20,22-23,25-26,30-31,39-40,42-43H,9-10,13-14,17-18,21,24H2,1-8H3,(H,49,51)(H,52,58)(H,53,59)/t25-,26-,30+,31+,39+,40+,42+,43+/m1/s1. The molecule has 0 aliphatic carbocycles. The van der Waals surface area contributed by atoms with E-state index in [9.17, 15) is 19.2 Å². The van der Waals surface area contributed by atoms with Crippen LogP contribution in [0.15, 0.2) is 53.7 Å². The Labute approximate surface area is 373 Å². The van der Waals surface area contributed by atoms with Gasteiger partial charge in [-0.1, -0.05) is 32.0 Å². The van der Waals surface area contributed by atoms with Crippen molar-refractivity contribution in [2.75, 3.05) is 28.4 Å². The third-order valence-electron chi connectivity index (χ3n) is 13.8. The first-order chi connectivity index (χ1) is 30.9. The first-order valence-corrected chi connectivity index (χ1v) is 22.3. The van der Waals surface area contributed by atoms with Crippen LogP contribution >= 0.6 is 0 Å². The smallest absolute Gasteiger partial charge is 0.407 e. The van der Waals surface area contributed by atoms with Gasteiger partial charge in [0.25, 0.3) is 0 Å². The quantitative estimate of drug-likeness (QED) is 0.125. The fourth-order valence-electron chi connectivity index (χ4n) is 10.1. The molecule has 0 bridgehead atoms. The van der Waals surface area contributed by atoms with E-state index in [1.165, 1.54) is 28.4 Å². The first kappa shape index (κ1) is 44.6. The lowest BCUT2D eigenvalue weighted by atomic mass is 9.91. The Morgan fingerprint density at radius 1 is 0.797 bits per heavy atom. The number of rotatable bonds is 13. The van der Waals surface area contributed by atoms with Gasteiger partial charge in [-0.15, -0.1) is 0 Å². The number of likely N-dealkylation sites (tertiary alicyclic amines) is 2. The molecule has 4 aromatic rings. The average molecular weight is 878 g/mol. The molecule has 0 radical (unpaired) electrons. The van der Waals surface area contributed by atoms with E-state index in [0.717, 1.165) is 100.0 Å². The largest absolute Gasteiger partial charge is 0.488 e. The molecule has 3 aromatic carbocycles. The molecular formula is C48H59N7O9. The highest BCUT2D eigenvalue weighted by Crippen LogP contribution is 2.45. The van der Waals surface area contributed by atoms with Crippen LogP contribution in [0.4, 0.5) is 15.3 Å². The van der Waals surface area contributed by atoms with Gasteiger partial charge in [-0.05, 0) is 110 Å². The van der Waals surface area contributed by atoms with Crippen LogP contribution in [-0.2, 0) is 41.6 Å². The normalized spacial score (nSPS) is 21.8. The fourth-order valence-corrected chi connectivity index (χ4v) is 10.1. The van der Waals surface area contributed by atoms with Crippen molar-refractivity contribution in [2.24, 2.45) is 4.99 Å². The summed E-state index contributed by atoms with van der Waals surface area (Å²) in [5.41, 5.74) is 7.84. The molecule has 64 heavy (non-hydrogen) atoms. The third-order valence-corrected chi connectivity index (χ3v) is 13.8. The summed E-state index contributed by atoms with van der Waals surface area (Å²) in [6.45, 7) is 8.04. The van der Waals surface area contributed by atoms with Crippen molar-refractivity contribution < 1.29 is 42.9 Å². The second kappa shape index (κ2) is 18.6. The van der Waals surface area contributed by atoms with Gasteiger partial charge in [0.15, 0.2) is 0 Å². The predicted octanol–water partition coefficient (Wildman–Crippen LogP) is 7.15. The van der Waals surface area contributed by atoms with E-state index < -0.39 is 36.5 Å². The van der Waals surface area contributed by atoms with Crippen LogP contribution in [0.3, 0.4) is 0 Å². The summed E-state index contributed by atoms with van der Waals surface area (Å²) in [6.07, 6.45) is 4.58. The number of aliphatic imine (C=N–C) groups is 1. The predicted molar refractivity (Wildman–Crippen MR) is 241 cm³/mol. The lowest BCUT2D eigenvalue weighted by Crippen LogP contribution is -2.58. The SMILES string of the molecule is CC[C@H]1CC[C@@H](C2=Nc3ccc4cc5c(cc4c3C2)OCc2cc(-c3cnc([C@@H]4CC[C@H](CC)N4C(=O)[C@@H](NC(=O)OC)[C@@H](C)OC)[nH]3)ccc2-5)N1C(=O)[C@@H](NC(=O)OC)[C@@H](C)OC. The van der Waals surface area contributed by atoms with E-state index in [4.69, 9.17) is 33.7 Å². The van der Waals surface area contributed by atoms with Crippen LogP contribution in [-0.4, -0.2) is 120 Å². The lowest BCUT2D eigenvalue weighted by molar-refractivity contribution is -0.140. The van der Waals surface area contributed by atoms with Gasteiger partial charge in [-0.25, -0.2) is 14.6 Å². The summed E-state index contributed by atoms with van der Waals surface area (Å²) in [6, 6.07) is 12.4. The molecule has 0 saturated carbocycles. The lowest BCUT2D eigenvalue weighted by Gasteiger charge is -2.35. The highest BCUT2D eigenvalue weighted by molar-refractivity contribution is 6.07. The Bertz CT molecular complexity index is 2470. The van der Waals surface area contributed by atoms with Crippen LogP contribution in [0.2, 0.25) is 0 Å². The molecule has 340 valence electrons. The maximum absolute atomic E-state index is 14.2. The molecule has 2 fully saturated rings. The highest BCUT2D eigenvalue weighted by atomic mass is 16.5. The molecule has 16 heteroatoms. The van der Waals surface area contributed by atoms with Gasteiger partial charge in [0, 0.05) is 44.0 Å². The molecule has 5 heterocycles. The second-order valence-corrected chi connectivity index (χ2v) is 17.2. The summed E-state index contributed by atoms with van der Waals surface area (Å²) >= 11 is 0. The number of aromatic amines is 1. The third kappa shape index (κ3) is 8.17. The van der Waals surface area contributed by atoms with Crippen LogP contribution in [0.25, 0.3) is 33.2 Å². The van der Waals surface area contributed by atoms with Crippen molar-refractivity contribution >= 4 is 46.2 Å². The highest BCUT2D eigenvalue weighted by Gasteiger charge is 2.45. The van der Waals surface area contributed by atoms with E-state index in [1.807, 2.05) is 16.0 Å². The van der Waals surface area contributed by atoms with Gasteiger partial charge < -0.3 is 49.1 Å². The Hall–Kier alpha value is -6.00. The molecule has 4 aliphatic rings. The Balaban J connectivity index is 1.02. The van der Waals surface area contributed by atoms with E-state index in [-0.39, 0.29) is 36.0 Å². The maximum atomic E-state index is 14.2. The van der Waals surface area contributed by atoms with Gasteiger partial charge in [0.1, 0.15) is 30.3 Å². The number of benzene rings is 3. The molecule has 8 atom stereocenters. The van der Waals surface area contributed by atoms with E-state index in [1.54, 1.807) is 13.8 Å². The summed E-state index contributed by atoms with van der Waals surface area (Å²) in [7, 11) is 5.58. The number of fused-ring (bicyclic) bond motifs is 6. The topological polar surface area (TPSA) is 186 Å². The van der Waals surface area contributed by atoms with Crippen molar-refractivity contribution in [1.29, 1.82) is 0 Å². The number of nitrogens with one attached hydrogen (secondary N) is 3. The Morgan fingerprint density at radius 2 is 1.42 bits per heavy atom. The monoisotopic (exact) mass is 877 g/mol. The van der Waals surface area contributed by atoms with Crippen molar-refractivity contribution in [3.63, 3.8) is 0 Å². The Morgan fingerprint density at radius 3 is 2.03 bits per heavy atom. The number of hydrogen-bond donors (Lipinski definition) is 3. The molecule has 2 saturated heterocycles. The number of hydrogen-bond acceptors (Lipinski definition) is 11. The minimum absolute atomic E-state index is 0.00593. The van der Waals surface area contributed by atoms with Crippen molar-refractivity contribution in [2.45, 2.75) is 128 Å². The first-order valence-electron chi connectivity index (χ1n) is 22.3. The Kier molecular flexibility index (Phi) is 13.0. The van der Waals surface area contributed by atoms with Gasteiger partial charge in [0.05, 0.1) is 56.1 Å². The van der Waals surface area contributed by atoms with Crippen LogP contribution in [0.1, 0.15) is 89.2 Å². The van der Waals surface area contributed by atoms with Crippen molar-refractivity contribution in [3.8, 4) is 28.1 Å². The minimum Gasteiger partial charge on any atom is -0.488 e. The number of imidazole rings is 1. The molecule has 4 amide bonds. The molecule has 1 aromatic heterocycles. The molecular weight excluding hydrogens is 819 g/mol. The number of H-pyrrole nitrogens is 1. The summed E-state index contributed by atoms with van der Waals surface area (Å²) < 4.78 is 27.2. The van der Waals surface area contributed by atoms with Gasteiger partial charge in [-0.3, -0.25) is 14.6 Å². The number of alkyl carbamates (subject to hydrolysis) is 2. The number of carbonyl (C=O) groups excluding carboxylic acids is 4. The summed E-state index contributed by atoms with van der Waals surface area (Å²) in [5.74, 6) is 1.04. The molecule has 0 unspecified atom stereocenters. The average Bonchev–Trinajstić information content (AvgIpc) is 4.16. The van der Waals surface area contributed by atoms with Crippen LogP contribution < -0.4 is 15.4 Å². The zero-order chi connectivity index (χ0) is 45.4. The van der Waals surface area contributed by atoms with Gasteiger partial charge in [-0.2, -0.15) is 0 Å². The molecule has 3 N–H and O–H groups in total. The number of amides is 4. The van der Waals surface area contributed by atoms with Crippen molar-refractivity contribution in [3.05, 3.63) is 65.6 Å². The van der Waals surface area contributed by atoms with E-state index in [2.05, 4.69) is 71.9 Å². The number of methoxy groups -OCH3 is 4. The molecule has 0 spiro atoms. The molecule has 4 aliphatic heterocycles. The number of aromatic nitrogens is 2. The van der Waals surface area contributed by atoms with E-state index >= 15 is 0 Å². The zero-order valence-corrected chi connectivity index (χ0v) is 37.9. The number of nitrogens with zero attached hydrogens (tertiary/aromatic N) is 4. The minimum atomic E-state index is -0.925. The molecule has 8 rings (SSSR count). The van der Waals surface area contributed by atoms with Crippen LogP contribution in [0, 0.1) is 0 Å². The molecule has 16 nitrogen and oxygen atoms in total. The fraction of sp³-hybridized carbons (Fsp3) is 0.500. The maximum Gasteiger partial charge on any atom is 0.407 e. The second-order valence-electron chi connectivity index (χ2n) is 17.2. The zero-order valence-electron chi connectivity index (χ0n) is 37.9. The van der Waals surface area contributed by atoms with Gasteiger partial charge >= 0.3 is 12.2 Å². The summed E-state index contributed by atoms with van der Waals surface area (Å²) in [4.78, 5) is 70.1. The van der Waals surface area contributed by atoms with Gasteiger partial charge in [0.2, 0.25) is 11.8 Å². The van der Waals surface area contributed by atoms with Crippen LogP contribution in [0.5, 0.6) is 5.75 Å². The van der Waals surface area contributed by atoms with Crippen molar-refractivity contribution in [1.82, 2.24) is 30.4 Å².